The Kier molecular flexibility index (Phi) is 7.93. The lowest BCUT2D eigenvalue weighted by molar-refractivity contribution is 0.703. The van der Waals surface area contributed by atoms with Crippen LogP contribution in [0.15, 0.2) is 204 Å². The zero-order valence-corrected chi connectivity index (χ0v) is 30.0. The number of pyridine rings is 1. The van der Waals surface area contributed by atoms with E-state index in [-0.39, 0.29) is 0 Å². The molecule has 7 aromatic carbocycles. The molecule has 1 aliphatic rings. The fourth-order valence-electron chi connectivity index (χ4n) is 7.87. The van der Waals surface area contributed by atoms with Crippen molar-refractivity contribution in [2.45, 2.75) is 15.2 Å². The number of rotatable bonds is 6. The van der Waals surface area contributed by atoms with Gasteiger partial charge in [-0.3, -0.25) is 4.98 Å². The van der Waals surface area contributed by atoms with Crippen LogP contribution in [0.2, 0.25) is 0 Å². The first-order valence-corrected chi connectivity index (χ1v) is 18.9. The van der Waals surface area contributed by atoms with Gasteiger partial charge in [0, 0.05) is 43.6 Å². The van der Waals surface area contributed by atoms with Crippen molar-refractivity contribution in [3.05, 3.63) is 217 Å². The minimum absolute atomic E-state index is 0.627. The molecule has 0 spiro atoms. The topological polar surface area (TPSA) is 51.6 Å². The van der Waals surface area contributed by atoms with Crippen LogP contribution < -0.4 is 0 Å². The molecular weight excluding hydrogens is 677 g/mol. The van der Waals surface area contributed by atoms with Gasteiger partial charge in [-0.15, -0.1) is 0 Å². The number of fused-ring (bicyclic) bond motifs is 3. The molecule has 0 bridgehead atoms. The minimum atomic E-state index is -0.653. The number of aromatic nitrogens is 4. The standard InChI is InChI=1S/C49H32N4S/c1-3-15-34(16-4-1)46-51-47(35-17-5-2-6-18-35)53-48(52-46)37-21-12-24-39(32-37)49(41-26-7-9-28-43(41)54-44-29-10-8-27-42(44)49)38-23-11-20-36(31-38)40-25-13-19-33-22-14-30-50-45(33)40/h1-32H. The number of benzene rings is 7. The molecule has 2 aromatic heterocycles. The molecule has 0 saturated heterocycles. The Balaban J connectivity index is 1.24. The molecule has 0 aliphatic carbocycles. The van der Waals surface area contributed by atoms with Crippen LogP contribution in [0, 0.1) is 0 Å². The summed E-state index contributed by atoms with van der Waals surface area (Å²) in [6.07, 6.45) is 1.88. The second-order valence-electron chi connectivity index (χ2n) is 13.4. The fraction of sp³-hybridized carbons (Fsp3) is 0.0204. The van der Waals surface area contributed by atoms with Crippen LogP contribution in [-0.2, 0) is 5.41 Å². The van der Waals surface area contributed by atoms with Gasteiger partial charge in [-0.1, -0.05) is 169 Å². The normalized spacial score (nSPS) is 12.9. The third kappa shape index (κ3) is 5.40. The van der Waals surface area contributed by atoms with Crippen LogP contribution in [0.25, 0.3) is 56.2 Å². The summed E-state index contributed by atoms with van der Waals surface area (Å²) in [6, 6.07) is 66.3. The van der Waals surface area contributed by atoms with Gasteiger partial charge in [-0.25, -0.2) is 15.0 Å². The fourth-order valence-corrected chi connectivity index (χ4v) is 9.06. The molecule has 1 aliphatic heterocycles. The Morgan fingerprint density at radius 2 is 0.870 bits per heavy atom. The zero-order chi connectivity index (χ0) is 35.9. The average Bonchev–Trinajstić information content (AvgIpc) is 3.26. The van der Waals surface area contributed by atoms with Crippen molar-refractivity contribution in [2.24, 2.45) is 0 Å². The van der Waals surface area contributed by atoms with E-state index in [0.717, 1.165) is 44.3 Å². The van der Waals surface area contributed by atoms with E-state index in [0.29, 0.717) is 17.5 Å². The van der Waals surface area contributed by atoms with E-state index in [1.54, 1.807) is 0 Å². The number of hydrogen-bond acceptors (Lipinski definition) is 5. The molecule has 0 unspecified atom stereocenters. The van der Waals surface area contributed by atoms with E-state index in [4.69, 9.17) is 19.9 Å². The predicted octanol–water partition coefficient (Wildman–Crippen LogP) is 11.9. The Bertz CT molecular complexity index is 2710. The first kappa shape index (κ1) is 32.0. The van der Waals surface area contributed by atoms with E-state index in [1.807, 2.05) is 84.7 Å². The molecule has 0 amide bonds. The van der Waals surface area contributed by atoms with Gasteiger partial charge in [0.1, 0.15) is 0 Å². The smallest absolute Gasteiger partial charge is 0.164 e. The molecule has 4 nitrogen and oxygen atoms in total. The lowest BCUT2D eigenvalue weighted by atomic mass is 9.64. The molecule has 254 valence electrons. The van der Waals surface area contributed by atoms with Crippen molar-refractivity contribution in [1.82, 2.24) is 19.9 Å². The Hall–Kier alpha value is -6.69. The molecule has 0 fully saturated rings. The van der Waals surface area contributed by atoms with E-state index >= 15 is 0 Å². The quantitative estimate of drug-likeness (QED) is 0.172. The first-order valence-electron chi connectivity index (χ1n) is 18.0. The van der Waals surface area contributed by atoms with Gasteiger partial charge in [0.05, 0.1) is 10.9 Å². The van der Waals surface area contributed by atoms with Crippen molar-refractivity contribution >= 4 is 22.7 Å². The summed E-state index contributed by atoms with van der Waals surface area (Å²) in [7, 11) is 0. The summed E-state index contributed by atoms with van der Waals surface area (Å²) in [6.45, 7) is 0. The summed E-state index contributed by atoms with van der Waals surface area (Å²) in [5, 5.41) is 1.12. The largest absolute Gasteiger partial charge is 0.256 e. The molecule has 5 heteroatoms. The van der Waals surface area contributed by atoms with Crippen LogP contribution in [0.5, 0.6) is 0 Å². The monoisotopic (exact) mass is 708 g/mol. The zero-order valence-electron chi connectivity index (χ0n) is 29.2. The maximum absolute atomic E-state index is 5.12. The third-order valence-corrected chi connectivity index (χ3v) is 11.4. The van der Waals surface area contributed by atoms with E-state index < -0.39 is 5.41 Å². The van der Waals surface area contributed by atoms with Crippen molar-refractivity contribution in [2.75, 3.05) is 0 Å². The van der Waals surface area contributed by atoms with Crippen molar-refractivity contribution in [3.63, 3.8) is 0 Å². The van der Waals surface area contributed by atoms with Gasteiger partial charge in [0.25, 0.3) is 0 Å². The summed E-state index contributed by atoms with van der Waals surface area (Å²) in [5.41, 5.74) is 10.2. The second-order valence-corrected chi connectivity index (χ2v) is 14.5. The molecule has 3 heterocycles. The Morgan fingerprint density at radius 1 is 0.389 bits per heavy atom. The summed E-state index contributed by atoms with van der Waals surface area (Å²) in [5.74, 6) is 1.91. The minimum Gasteiger partial charge on any atom is -0.256 e. The van der Waals surface area contributed by atoms with Crippen molar-refractivity contribution < 1.29 is 0 Å². The van der Waals surface area contributed by atoms with Gasteiger partial charge >= 0.3 is 0 Å². The lowest BCUT2D eigenvalue weighted by Crippen LogP contribution is -2.34. The molecule has 10 rings (SSSR count). The van der Waals surface area contributed by atoms with E-state index in [9.17, 15) is 0 Å². The molecule has 54 heavy (non-hydrogen) atoms. The third-order valence-electron chi connectivity index (χ3n) is 10.3. The maximum atomic E-state index is 5.12. The van der Waals surface area contributed by atoms with Gasteiger partial charge in [0.2, 0.25) is 0 Å². The van der Waals surface area contributed by atoms with Crippen LogP contribution in [0.3, 0.4) is 0 Å². The van der Waals surface area contributed by atoms with Crippen LogP contribution in [-0.4, -0.2) is 19.9 Å². The highest BCUT2D eigenvalue weighted by atomic mass is 32.2. The summed E-state index contributed by atoms with van der Waals surface area (Å²) >= 11 is 1.83. The van der Waals surface area contributed by atoms with E-state index in [2.05, 4.69) is 121 Å². The van der Waals surface area contributed by atoms with Gasteiger partial charge in [0.15, 0.2) is 17.5 Å². The van der Waals surface area contributed by atoms with E-state index in [1.165, 1.54) is 26.5 Å². The SMILES string of the molecule is c1ccc(-c2nc(-c3ccccc3)nc(-c3cccc(C4(c5cccc(-c6cccc7cccnc67)c5)c5ccccc5Sc5ccccc54)c3)n2)cc1. The lowest BCUT2D eigenvalue weighted by Gasteiger charge is -2.42. The van der Waals surface area contributed by atoms with Gasteiger partial charge < -0.3 is 0 Å². The molecule has 0 radical (unpaired) electrons. The number of para-hydroxylation sites is 1. The molecule has 0 saturated carbocycles. The first-order chi connectivity index (χ1) is 26.8. The molecular formula is C49H32N4S. The Labute approximate surface area is 318 Å². The average molecular weight is 709 g/mol. The molecule has 0 atom stereocenters. The Morgan fingerprint density at radius 3 is 1.50 bits per heavy atom. The predicted molar refractivity (Wildman–Crippen MR) is 219 cm³/mol. The van der Waals surface area contributed by atoms with Gasteiger partial charge in [-0.05, 0) is 58.1 Å². The highest BCUT2D eigenvalue weighted by molar-refractivity contribution is 7.99. The van der Waals surface area contributed by atoms with Crippen LogP contribution >= 0.6 is 11.8 Å². The van der Waals surface area contributed by atoms with Crippen LogP contribution in [0.1, 0.15) is 22.3 Å². The van der Waals surface area contributed by atoms with Crippen molar-refractivity contribution in [3.8, 4) is 45.3 Å². The maximum Gasteiger partial charge on any atom is 0.164 e. The van der Waals surface area contributed by atoms with Crippen LogP contribution in [0.4, 0.5) is 0 Å². The second kappa shape index (κ2) is 13.4. The van der Waals surface area contributed by atoms with Gasteiger partial charge in [-0.2, -0.15) is 0 Å². The molecule has 9 aromatic rings. The highest BCUT2D eigenvalue weighted by Crippen LogP contribution is 2.56. The number of hydrogen-bond donors (Lipinski definition) is 0. The summed E-state index contributed by atoms with van der Waals surface area (Å²) in [4.78, 5) is 22.5. The molecule has 0 N–H and O–H groups in total. The summed E-state index contributed by atoms with van der Waals surface area (Å²) < 4.78 is 0. The van der Waals surface area contributed by atoms with Crippen molar-refractivity contribution in [1.29, 1.82) is 0 Å². The highest BCUT2D eigenvalue weighted by Gasteiger charge is 2.44. The number of nitrogens with zero attached hydrogens (tertiary/aromatic N) is 4.